The number of nitrogens with zero attached hydrogens (tertiary/aromatic N) is 6. The number of aliphatic hydroxyl groups is 7. The van der Waals surface area contributed by atoms with E-state index in [9.17, 15) is 50.9 Å². The van der Waals surface area contributed by atoms with E-state index in [4.69, 9.17) is 38.7 Å². The van der Waals surface area contributed by atoms with Crippen molar-refractivity contribution in [3.05, 3.63) is 20.9 Å². The topological polar surface area (TPSA) is 350 Å². The molecular weight excluding hydrogens is 642 g/mol. The number of ether oxygens (including phenoxy) is 7. The molecule has 0 aromatic heterocycles. The Morgan fingerprint density at radius 2 is 1.74 bits per heavy atom. The van der Waals surface area contributed by atoms with Gasteiger partial charge in [0.1, 0.15) is 60.9 Å². The van der Waals surface area contributed by atoms with Gasteiger partial charge in [-0.05, 0) is 11.1 Å². The summed E-state index contributed by atoms with van der Waals surface area (Å²) in [7, 11) is 0.909. The molecule has 2 bridgehead atoms. The summed E-state index contributed by atoms with van der Waals surface area (Å²) in [6.07, 6.45) is -20.5. The molecule has 0 spiro atoms. The molecule has 0 aliphatic carbocycles. The minimum atomic E-state index is -2.77. The second-order valence-electron chi connectivity index (χ2n) is 11.2. The summed E-state index contributed by atoms with van der Waals surface area (Å²) in [6.45, 7) is -0.942. The number of aliphatic hydroxyl groups excluding tert-OH is 7. The van der Waals surface area contributed by atoms with Gasteiger partial charge in [-0.15, -0.1) is 0 Å². The van der Waals surface area contributed by atoms with Crippen molar-refractivity contribution in [2.24, 2.45) is 10.2 Å². The second-order valence-corrected chi connectivity index (χ2v) is 11.2. The lowest BCUT2D eigenvalue weighted by Gasteiger charge is -2.51. The van der Waals surface area contributed by atoms with E-state index < -0.39 is 129 Å². The Bertz CT molecular complexity index is 1220. The third-order valence-electron chi connectivity index (χ3n) is 8.23. The summed E-state index contributed by atoms with van der Waals surface area (Å²) in [4.78, 5) is 30.6. The van der Waals surface area contributed by atoms with Crippen LogP contribution in [0.4, 0.5) is 0 Å². The number of carbonyl (C=O) groups excluding carboxylic acids is 2. The Hall–Kier alpha value is -2.96. The highest BCUT2D eigenvalue weighted by molar-refractivity contribution is 5.78. The summed E-state index contributed by atoms with van der Waals surface area (Å²) in [5.41, 5.74) is 18.4. The monoisotopic (exact) mass is 679 g/mol. The number of esters is 1. The summed E-state index contributed by atoms with van der Waals surface area (Å²) in [5, 5.41) is 83.2. The molecule has 4 aliphatic rings. The molecule has 8 N–H and O–H groups in total. The maximum absolute atomic E-state index is 13.3. The molecule has 0 unspecified atom stereocenters. The van der Waals surface area contributed by atoms with E-state index in [0.717, 1.165) is 14.0 Å². The average Bonchev–Trinajstić information content (AvgIpc) is 3.49. The van der Waals surface area contributed by atoms with E-state index in [1.165, 1.54) is 0 Å². The molecule has 0 aromatic carbocycles. The van der Waals surface area contributed by atoms with Crippen molar-refractivity contribution in [2.45, 2.75) is 111 Å². The van der Waals surface area contributed by atoms with Gasteiger partial charge >= 0.3 is 5.97 Å². The smallest absolute Gasteiger partial charge is 0.366 e. The van der Waals surface area contributed by atoms with Crippen molar-refractivity contribution < 1.29 is 78.5 Å². The number of fused-ring (bicyclic) bond motifs is 2. The third kappa shape index (κ3) is 7.39. The molecule has 4 rings (SSSR count). The van der Waals surface area contributed by atoms with Gasteiger partial charge in [-0.1, -0.05) is 10.2 Å². The zero-order valence-electron chi connectivity index (χ0n) is 25.0. The van der Waals surface area contributed by atoms with E-state index in [2.05, 4.69) is 25.4 Å². The SMILES string of the molecule is COC(=O)[C@@]1(O[C@H]2[C@@H](O)[C@@H](CO)O[C@@H](O[C@H]3[C@H](O)[C@@H](N=[N+]=[N-])[C@@H]4OC[C@H]3O4)[C@@H]2N=[N+]=[N-])C[C@H](O)[C@@H](NC(C)=O)[C@H]([C@H](O)[C@H](O)CO)O1. The molecule has 0 aromatic rings. The highest BCUT2D eigenvalue weighted by Gasteiger charge is 2.61. The number of methoxy groups -OCH3 is 1. The quantitative estimate of drug-likeness (QED) is 0.0417. The number of nitrogens with one attached hydrogen (secondary N) is 1. The molecule has 0 saturated carbocycles. The van der Waals surface area contributed by atoms with Gasteiger partial charge in [0.2, 0.25) is 5.91 Å². The molecule has 4 aliphatic heterocycles. The van der Waals surface area contributed by atoms with Crippen LogP contribution in [0.1, 0.15) is 13.3 Å². The van der Waals surface area contributed by atoms with Gasteiger partial charge in [0.15, 0.2) is 12.6 Å². The molecule has 23 nitrogen and oxygen atoms in total. The molecule has 264 valence electrons. The van der Waals surface area contributed by atoms with Crippen LogP contribution in [-0.4, -0.2) is 172 Å². The van der Waals surface area contributed by atoms with Crippen LogP contribution in [0, 0.1) is 0 Å². The van der Waals surface area contributed by atoms with Crippen LogP contribution in [0.3, 0.4) is 0 Å². The van der Waals surface area contributed by atoms with Crippen molar-refractivity contribution in [1.82, 2.24) is 5.32 Å². The largest absolute Gasteiger partial charge is 0.465 e. The van der Waals surface area contributed by atoms with E-state index in [-0.39, 0.29) is 6.61 Å². The number of azide groups is 2. The van der Waals surface area contributed by atoms with Crippen LogP contribution in [0.25, 0.3) is 20.9 Å². The lowest BCUT2D eigenvalue weighted by molar-refractivity contribution is -0.361. The van der Waals surface area contributed by atoms with Gasteiger partial charge in [0.05, 0.1) is 45.2 Å². The lowest BCUT2D eigenvalue weighted by Crippen LogP contribution is -2.70. The molecule has 4 fully saturated rings. The summed E-state index contributed by atoms with van der Waals surface area (Å²) < 4.78 is 39.3. The zero-order chi connectivity index (χ0) is 34.6. The second kappa shape index (κ2) is 15.5. The average molecular weight is 680 g/mol. The van der Waals surface area contributed by atoms with Crippen LogP contribution < -0.4 is 5.32 Å². The predicted molar refractivity (Wildman–Crippen MR) is 145 cm³/mol. The number of amides is 1. The van der Waals surface area contributed by atoms with E-state index in [1.807, 2.05) is 0 Å². The molecule has 23 heteroatoms. The van der Waals surface area contributed by atoms with Crippen LogP contribution >= 0.6 is 0 Å². The fraction of sp³-hybridized carbons (Fsp3) is 0.917. The van der Waals surface area contributed by atoms with Gasteiger partial charge in [-0.2, -0.15) is 0 Å². The summed E-state index contributed by atoms with van der Waals surface area (Å²) in [6, 6.07) is -4.51. The Morgan fingerprint density at radius 3 is 2.34 bits per heavy atom. The molecule has 16 atom stereocenters. The maximum atomic E-state index is 13.3. The normalized spacial score (nSPS) is 42.7. The summed E-state index contributed by atoms with van der Waals surface area (Å²) >= 11 is 0. The van der Waals surface area contributed by atoms with Crippen LogP contribution in [0.2, 0.25) is 0 Å². The minimum absolute atomic E-state index is 0.120. The molecular formula is C24H37N7O16. The Labute approximate surface area is 265 Å². The van der Waals surface area contributed by atoms with E-state index in [1.54, 1.807) is 0 Å². The number of carbonyl (C=O) groups is 2. The maximum Gasteiger partial charge on any atom is 0.366 e. The van der Waals surface area contributed by atoms with Gasteiger partial charge in [0.25, 0.3) is 5.79 Å². The third-order valence-corrected chi connectivity index (χ3v) is 8.23. The molecule has 1 amide bonds. The molecule has 4 saturated heterocycles. The standard InChI is InChI=1S/C24H37N7O16/c1-7(34)27-12-8(35)3-24(23(40)41-2,46-19(12)15(37)9(36)4-32)47-20-14(29-31-26)22(43-10(5-33)16(20)38)45-18-11-6-42-21(44-11)13(17(18)39)28-30-25/h8-22,32-33,35-39H,3-6H2,1-2H3,(H,27,34)/t8-,9+,10+,11+,12+,13+,14+,15+,16-,17+,18+,19+,20+,21+,22-,24-/m0/s1. The van der Waals surface area contributed by atoms with Crippen molar-refractivity contribution in [1.29, 1.82) is 0 Å². The fourth-order valence-corrected chi connectivity index (χ4v) is 5.97. The van der Waals surface area contributed by atoms with Crippen LogP contribution in [0.15, 0.2) is 10.2 Å². The first-order valence-electron chi connectivity index (χ1n) is 14.4. The zero-order valence-corrected chi connectivity index (χ0v) is 25.0. The highest BCUT2D eigenvalue weighted by Crippen LogP contribution is 2.40. The molecule has 47 heavy (non-hydrogen) atoms. The molecule has 4 heterocycles. The minimum Gasteiger partial charge on any atom is -0.465 e. The van der Waals surface area contributed by atoms with Gasteiger partial charge < -0.3 is 74.2 Å². The number of hydrogen-bond acceptors (Lipinski definition) is 18. The first-order chi connectivity index (χ1) is 22.4. The van der Waals surface area contributed by atoms with Crippen LogP contribution in [0.5, 0.6) is 0 Å². The first-order valence-corrected chi connectivity index (χ1v) is 14.4. The Balaban J connectivity index is 1.72. The Morgan fingerprint density at radius 1 is 1.06 bits per heavy atom. The number of rotatable bonds is 12. The molecule has 0 radical (unpaired) electrons. The Kier molecular flexibility index (Phi) is 12.2. The van der Waals surface area contributed by atoms with Gasteiger partial charge in [0, 0.05) is 23.2 Å². The van der Waals surface area contributed by atoms with Gasteiger partial charge in [-0.3, -0.25) is 4.79 Å². The van der Waals surface area contributed by atoms with Crippen molar-refractivity contribution in [3.8, 4) is 0 Å². The van der Waals surface area contributed by atoms with Crippen molar-refractivity contribution in [2.75, 3.05) is 26.9 Å². The van der Waals surface area contributed by atoms with E-state index >= 15 is 0 Å². The van der Waals surface area contributed by atoms with Gasteiger partial charge in [-0.25, -0.2) is 4.79 Å². The summed E-state index contributed by atoms with van der Waals surface area (Å²) in [5.74, 6) is -4.83. The van der Waals surface area contributed by atoms with E-state index in [0.29, 0.717) is 0 Å². The lowest BCUT2D eigenvalue weighted by atomic mass is 9.88. The van der Waals surface area contributed by atoms with Crippen molar-refractivity contribution >= 4 is 11.9 Å². The highest BCUT2D eigenvalue weighted by atomic mass is 16.8. The first kappa shape index (κ1) is 36.9. The number of hydrogen-bond donors (Lipinski definition) is 8. The fourth-order valence-electron chi connectivity index (χ4n) is 5.97. The van der Waals surface area contributed by atoms with Crippen molar-refractivity contribution in [3.63, 3.8) is 0 Å². The predicted octanol–water partition coefficient (Wildman–Crippen LogP) is -4.45. The van der Waals surface area contributed by atoms with Crippen LogP contribution in [-0.2, 0) is 42.7 Å².